The molecule has 6 heteroatoms. The van der Waals surface area contributed by atoms with Gasteiger partial charge in [0.1, 0.15) is 17.2 Å². The van der Waals surface area contributed by atoms with Crippen LogP contribution >= 0.6 is 0 Å². The SMILES string of the molecule is C=N/C(=C1/OC2=C(C=CCC2)C1=NCc1cccc(N2C3=C(CCC=C3)c3ccccc3-n3c2nc2ccccc23)c1)c1ccccc1. The fourth-order valence-electron chi connectivity index (χ4n) is 7.25. The molecule has 0 amide bonds. The molecule has 48 heavy (non-hydrogen) atoms. The van der Waals surface area contributed by atoms with Gasteiger partial charge in [0.15, 0.2) is 5.76 Å². The maximum Gasteiger partial charge on any atom is 0.220 e. The Morgan fingerprint density at radius 2 is 1.65 bits per heavy atom. The van der Waals surface area contributed by atoms with E-state index in [0.717, 1.165) is 87.9 Å². The number of aliphatic imine (C=N–C) groups is 2. The van der Waals surface area contributed by atoms with Crippen molar-refractivity contribution in [2.45, 2.75) is 32.2 Å². The van der Waals surface area contributed by atoms with Crippen LogP contribution in [0.15, 0.2) is 160 Å². The van der Waals surface area contributed by atoms with Crippen LogP contribution in [-0.2, 0) is 11.3 Å². The van der Waals surface area contributed by atoms with E-state index < -0.39 is 0 Å². The smallest absolute Gasteiger partial charge is 0.220 e. The van der Waals surface area contributed by atoms with E-state index in [1.165, 1.54) is 11.1 Å². The van der Waals surface area contributed by atoms with Crippen molar-refractivity contribution < 1.29 is 4.74 Å². The summed E-state index contributed by atoms with van der Waals surface area (Å²) >= 11 is 0. The summed E-state index contributed by atoms with van der Waals surface area (Å²) in [4.78, 5) is 17.2. The highest BCUT2D eigenvalue weighted by molar-refractivity contribution is 6.19. The first kappa shape index (κ1) is 28.2. The second-order valence-electron chi connectivity index (χ2n) is 12.3. The fraction of sp³-hybridized carbons (Fsp3) is 0.119. The van der Waals surface area contributed by atoms with Crippen molar-refractivity contribution in [1.29, 1.82) is 0 Å². The van der Waals surface area contributed by atoms with Gasteiger partial charge in [-0.1, -0.05) is 91.0 Å². The summed E-state index contributed by atoms with van der Waals surface area (Å²) in [6.07, 6.45) is 12.6. The van der Waals surface area contributed by atoms with E-state index in [0.29, 0.717) is 18.0 Å². The molecule has 232 valence electrons. The van der Waals surface area contributed by atoms with E-state index in [4.69, 9.17) is 14.7 Å². The Labute approximate surface area is 279 Å². The number of nitrogens with zero attached hydrogens (tertiary/aromatic N) is 5. The number of para-hydroxylation sites is 3. The fourth-order valence-corrected chi connectivity index (χ4v) is 7.25. The molecule has 2 aliphatic carbocycles. The topological polar surface area (TPSA) is 55.0 Å². The molecule has 0 fully saturated rings. The molecule has 4 aromatic carbocycles. The Kier molecular flexibility index (Phi) is 6.86. The lowest BCUT2D eigenvalue weighted by molar-refractivity contribution is 0.324. The Morgan fingerprint density at radius 1 is 0.833 bits per heavy atom. The molecular formula is C42H33N5O. The normalized spacial score (nSPS) is 18.3. The molecule has 0 saturated heterocycles. The maximum absolute atomic E-state index is 6.47. The maximum atomic E-state index is 6.47. The van der Waals surface area contributed by atoms with Crippen LogP contribution in [0.25, 0.3) is 28.0 Å². The average Bonchev–Trinajstić information content (AvgIpc) is 3.67. The summed E-state index contributed by atoms with van der Waals surface area (Å²) < 4.78 is 8.79. The third-order valence-corrected chi connectivity index (χ3v) is 9.43. The average molecular weight is 624 g/mol. The van der Waals surface area contributed by atoms with Crippen molar-refractivity contribution in [1.82, 2.24) is 9.55 Å². The first-order chi connectivity index (χ1) is 23.8. The number of hydrogen-bond donors (Lipinski definition) is 0. The van der Waals surface area contributed by atoms with Crippen LogP contribution in [-0.4, -0.2) is 22.0 Å². The standard InChI is InChI=1S/C42H33N5O/c1-43-39(29-15-3-2-4-16-29)41-40(33-20-7-12-25-38(33)48-41)44-27-28-14-13-17-30(26-28)46-35-22-9-5-18-31(35)32-19-6-10-23-36(32)47-37-24-11-8-21-34(37)45-42(46)47/h2-4,6-11,13-17,19-24,26H,1,5,12,18,25,27H2/b41-39+,44-40?. The number of rotatable bonds is 5. The van der Waals surface area contributed by atoms with E-state index in [1.54, 1.807) is 0 Å². The molecule has 4 aliphatic rings. The highest BCUT2D eigenvalue weighted by atomic mass is 16.5. The zero-order chi connectivity index (χ0) is 32.0. The summed E-state index contributed by atoms with van der Waals surface area (Å²) in [6.45, 7) is 4.38. The molecule has 1 aromatic heterocycles. The molecule has 2 aliphatic heterocycles. The van der Waals surface area contributed by atoms with Crippen LogP contribution in [0.5, 0.6) is 0 Å². The van der Waals surface area contributed by atoms with Crippen molar-refractivity contribution in [2.75, 3.05) is 4.90 Å². The van der Waals surface area contributed by atoms with E-state index in [9.17, 15) is 0 Å². The lowest BCUT2D eigenvalue weighted by atomic mass is 9.93. The molecular weight excluding hydrogens is 590 g/mol. The van der Waals surface area contributed by atoms with Gasteiger partial charge in [-0.25, -0.2) is 4.98 Å². The highest BCUT2D eigenvalue weighted by Crippen LogP contribution is 2.45. The summed E-state index contributed by atoms with van der Waals surface area (Å²) in [5, 5.41) is 0. The van der Waals surface area contributed by atoms with Gasteiger partial charge in [0.2, 0.25) is 5.95 Å². The largest absolute Gasteiger partial charge is 0.456 e. The second-order valence-corrected chi connectivity index (χ2v) is 12.3. The first-order valence-electron chi connectivity index (χ1n) is 16.5. The van der Waals surface area contributed by atoms with Gasteiger partial charge in [0.25, 0.3) is 0 Å². The summed E-state index contributed by atoms with van der Waals surface area (Å²) in [5.74, 6) is 2.50. The molecule has 0 atom stereocenters. The Hall–Kier alpha value is -6.01. The molecule has 3 heterocycles. The van der Waals surface area contributed by atoms with Crippen molar-refractivity contribution in [3.8, 4) is 5.69 Å². The predicted octanol–water partition coefficient (Wildman–Crippen LogP) is 9.88. The zero-order valence-electron chi connectivity index (χ0n) is 26.5. The molecule has 0 radical (unpaired) electrons. The quantitative estimate of drug-likeness (QED) is 0.183. The molecule has 0 spiro atoms. The summed E-state index contributed by atoms with van der Waals surface area (Å²) in [5.41, 5.74) is 12.6. The Balaban J connectivity index is 1.17. The van der Waals surface area contributed by atoms with Gasteiger partial charge in [0, 0.05) is 28.8 Å². The lowest BCUT2D eigenvalue weighted by Crippen LogP contribution is -2.19. The van der Waals surface area contributed by atoms with Gasteiger partial charge in [-0.2, -0.15) is 0 Å². The van der Waals surface area contributed by atoms with Crippen molar-refractivity contribution in [3.63, 3.8) is 0 Å². The van der Waals surface area contributed by atoms with Crippen LogP contribution < -0.4 is 4.90 Å². The van der Waals surface area contributed by atoms with Crippen LogP contribution in [0.1, 0.15) is 42.4 Å². The lowest BCUT2D eigenvalue weighted by Gasteiger charge is -2.27. The number of anilines is 2. The number of fused-ring (bicyclic) bond motifs is 6. The number of imidazole rings is 1. The van der Waals surface area contributed by atoms with Crippen LogP contribution in [0.4, 0.5) is 11.6 Å². The van der Waals surface area contributed by atoms with Crippen molar-refractivity contribution in [3.05, 3.63) is 167 Å². The zero-order valence-corrected chi connectivity index (χ0v) is 26.5. The van der Waals surface area contributed by atoms with Gasteiger partial charge >= 0.3 is 0 Å². The van der Waals surface area contributed by atoms with Crippen LogP contribution in [0.2, 0.25) is 0 Å². The van der Waals surface area contributed by atoms with Gasteiger partial charge < -0.3 is 4.74 Å². The molecule has 9 rings (SSSR count). The van der Waals surface area contributed by atoms with Gasteiger partial charge in [-0.3, -0.25) is 19.5 Å². The Bertz CT molecular complexity index is 2310. The number of benzene rings is 4. The van der Waals surface area contributed by atoms with E-state index in [2.05, 4.69) is 118 Å². The van der Waals surface area contributed by atoms with Crippen molar-refractivity contribution >= 4 is 46.4 Å². The Morgan fingerprint density at radius 3 is 2.56 bits per heavy atom. The molecule has 0 saturated carbocycles. The van der Waals surface area contributed by atoms with Crippen molar-refractivity contribution in [2.24, 2.45) is 9.98 Å². The van der Waals surface area contributed by atoms with Gasteiger partial charge in [-0.15, -0.1) is 0 Å². The molecule has 6 nitrogen and oxygen atoms in total. The van der Waals surface area contributed by atoms with E-state index in [1.807, 2.05) is 30.3 Å². The van der Waals surface area contributed by atoms with E-state index in [-0.39, 0.29) is 0 Å². The third-order valence-electron chi connectivity index (χ3n) is 9.43. The molecule has 5 aromatic rings. The molecule has 0 N–H and O–H groups in total. The minimum Gasteiger partial charge on any atom is -0.456 e. The van der Waals surface area contributed by atoms with Gasteiger partial charge in [0.05, 0.1) is 29.0 Å². The van der Waals surface area contributed by atoms with Crippen LogP contribution in [0.3, 0.4) is 0 Å². The molecule has 0 unspecified atom stereocenters. The monoisotopic (exact) mass is 623 g/mol. The third kappa shape index (κ3) is 4.60. The number of ether oxygens (including phenoxy) is 1. The minimum atomic E-state index is 0.478. The second kappa shape index (κ2) is 11.7. The number of hydrogen-bond acceptors (Lipinski definition) is 5. The number of aromatic nitrogens is 2. The number of allylic oxidation sites excluding steroid dienone is 7. The first-order valence-corrected chi connectivity index (χ1v) is 16.5. The highest BCUT2D eigenvalue weighted by Gasteiger charge is 2.32. The van der Waals surface area contributed by atoms with E-state index >= 15 is 0 Å². The minimum absolute atomic E-state index is 0.478. The summed E-state index contributed by atoms with van der Waals surface area (Å²) in [6, 6.07) is 35.9. The van der Waals surface area contributed by atoms with Gasteiger partial charge in [-0.05, 0) is 73.5 Å². The molecule has 0 bridgehead atoms. The predicted molar refractivity (Wildman–Crippen MR) is 195 cm³/mol. The van der Waals surface area contributed by atoms with Crippen LogP contribution in [0, 0.1) is 0 Å². The summed E-state index contributed by atoms with van der Waals surface area (Å²) in [7, 11) is 0.